The predicted octanol–water partition coefficient (Wildman–Crippen LogP) is 2.64. The van der Waals surface area contributed by atoms with Gasteiger partial charge in [-0.15, -0.1) is 0 Å². The molecule has 1 aromatic carbocycles. The summed E-state index contributed by atoms with van der Waals surface area (Å²) in [4.78, 5) is 24.0. The predicted molar refractivity (Wildman–Crippen MR) is 88.6 cm³/mol. The number of aromatic nitrogens is 2. The molecule has 2 aromatic rings. The summed E-state index contributed by atoms with van der Waals surface area (Å²) in [6.45, 7) is 5.65. The van der Waals surface area contributed by atoms with Gasteiger partial charge in [-0.05, 0) is 34.7 Å². The van der Waals surface area contributed by atoms with Gasteiger partial charge in [0.2, 0.25) is 0 Å². The molecule has 0 atom stereocenters. The Hall–Kier alpha value is -2.38. The van der Waals surface area contributed by atoms with Gasteiger partial charge < -0.3 is 11.5 Å². The van der Waals surface area contributed by atoms with E-state index in [-0.39, 0.29) is 18.1 Å². The molecule has 4 N–H and O–H groups in total. The molecule has 0 radical (unpaired) electrons. The van der Waals surface area contributed by atoms with Crippen molar-refractivity contribution < 1.29 is 9.59 Å². The van der Waals surface area contributed by atoms with E-state index in [1.807, 2.05) is 18.2 Å². The van der Waals surface area contributed by atoms with Crippen LogP contribution in [0.15, 0.2) is 35.7 Å². The molecule has 0 saturated heterocycles. The number of nitrogen functional groups attached to an aromatic ring is 1. The van der Waals surface area contributed by atoms with Gasteiger partial charge in [0.15, 0.2) is 6.29 Å². The van der Waals surface area contributed by atoms with Crippen molar-refractivity contribution in [3.05, 3.63) is 47.0 Å². The van der Waals surface area contributed by atoms with E-state index in [0.717, 1.165) is 22.0 Å². The zero-order valence-corrected chi connectivity index (χ0v) is 12.9. The molecule has 0 bridgehead atoms. The third kappa shape index (κ3) is 2.95. The second kappa shape index (κ2) is 6.59. The zero-order chi connectivity index (χ0) is 16.3. The van der Waals surface area contributed by atoms with Crippen molar-refractivity contribution in [3.8, 4) is 11.1 Å². The molecular formula is C15H16N4O2S. The first kappa shape index (κ1) is 16.0. The minimum Gasteiger partial charge on any atom is -0.383 e. The Morgan fingerprint density at radius 3 is 2.73 bits per heavy atom. The fraction of sp³-hybridized carbons (Fsp3) is 0.133. The van der Waals surface area contributed by atoms with Crippen LogP contribution in [0.3, 0.4) is 0 Å². The lowest BCUT2D eigenvalue weighted by molar-refractivity contribution is 0.111. The van der Waals surface area contributed by atoms with Crippen LogP contribution < -0.4 is 11.5 Å². The Balaban J connectivity index is 2.62. The van der Waals surface area contributed by atoms with Crippen LogP contribution in [0.4, 0.5) is 10.6 Å². The van der Waals surface area contributed by atoms with Crippen LogP contribution in [0.1, 0.15) is 23.0 Å². The third-order valence-electron chi connectivity index (χ3n) is 3.00. The number of allylic oxidation sites excluding steroid dienone is 1. The summed E-state index contributed by atoms with van der Waals surface area (Å²) in [5.74, 6) is 0.113. The number of nitrogens with zero attached hydrogens (tertiary/aromatic N) is 2. The molecule has 0 saturated carbocycles. The second-order valence-corrected chi connectivity index (χ2v) is 5.86. The minimum absolute atomic E-state index is 0.106. The molecule has 0 aliphatic heterocycles. The Morgan fingerprint density at radius 1 is 1.45 bits per heavy atom. The molecule has 0 aliphatic carbocycles. The summed E-state index contributed by atoms with van der Waals surface area (Å²) in [6, 6.07) is 7.29. The van der Waals surface area contributed by atoms with E-state index >= 15 is 0 Å². The van der Waals surface area contributed by atoms with Crippen molar-refractivity contribution in [1.29, 1.82) is 0 Å². The van der Waals surface area contributed by atoms with Crippen LogP contribution in [0.5, 0.6) is 0 Å². The summed E-state index contributed by atoms with van der Waals surface area (Å²) in [5, 5.41) is 3.59. The summed E-state index contributed by atoms with van der Waals surface area (Å²) in [6.07, 6.45) is 0.578. The van der Waals surface area contributed by atoms with Crippen molar-refractivity contribution in [2.75, 3.05) is 5.73 Å². The first-order valence-corrected chi connectivity index (χ1v) is 7.31. The molecule has 0 unspecified atom stereocenters. The van der Waals surface area contributed by atoms with E-state index < -0.39 is 5.24 Å². The molecule has 22 heavy (non-hydrogen) atoms. The number of benzene rings is 1. The van der Waals surface area contributed by atoms with E-state index in [0.29, 0.717) is 22.3 Å². The molecule has 0 aliphatic rings. The molecule has 1 aromatic heterocycles. The van der Waals surface area contributed by atoms with E-state index in [1.54, 1.807) is 13.0 Å². The lowest BCUT2D eigenvalue weighted by Gasteiger charge is -2.08. The second-order valence-electron chi connectivity index (χ2n) is 4.61. The van der Waals surface area contributed by atoms with Gasteiger partial charge in [-0.1, -0.05) is 30.8 Å². The van der Waals surface area contributed by atoms with Crippen molar-refractivity contribution in [2.24, 2.45) is 5.73 Å². The largest absolute Gasteiger partial charge is 0.383 e. The van der Waals surface area contributed by atoms with E-state index in [9.17, 15) is 9.59 Å². The summed E-state index contributed by atoms with van der Waals surface area (Å²) in [7, 11) is 0. The maximum atomic E-state index is 12.1. The van der Waals surface area contributed by atoms with E-state index in [1.165, 1.54) is 0 Å². The standard InChI is InChI=1S/C15H16N4O2S/c1-9(2)22-15(21)19-14(17)13(12(8-20)18-19)11-6-4-3-5-10(11)7-16/h3-6,8H,1,7,16-17H2,2H3. The van der Waals surface area contributed by atoms with Gasteiger partial charge in [0.25, 0.3) is 0 Å². The van der Waals surface area contributed by atoms with Crippen molar-refractivity contribution >= 4 is 29.1 Å². The smallest absolute Gasteiger partial charge is 0.312 e. The molecule has 6 nitrogen and oxygen atoms in total. The fourth-order valence-corrected chi connectivity index (χ4v) is 2.60. The fourth-order valence-electron chi connectivity index (χ4n) is 2.08. The third-order valence-corrected chi connectivity index (χ3v) is 3.70. The first-order valence-electron chi connectivity index (χ1n) is 6.49. The number of rotatable bonds is 4. The Bertz CT molecular complexity index is 752. The van der Waals surface area contributed by atoms with Gasteiger partial charge in [0, 0.05) is 6.54 Å². The maximum absolute atomic E-state index is 12.1. The van der Waals surface area contributed by atoms with E-state index in [2.05, 4.69) is 11.7 Å². The zero-order valence-electron chi connectivity index (χ0n) is 12.1. The van der Waals surface area contributed by atoms with Crippen LogP contribution in [0.2, 0.25) is 0 Å². The van der Waals surface area contributed by atoms with Crippen LogP contribution in [0, 0.1) is 0 Å². The normalized spacial score (nSPS) is 10.5. The Kier molecular flexibility index (Phi) is 4.79. The first-order chi connectivity index (χ1) is 10.5. The number of carbonyl (C=O) groups excluding carboxylic acids is 2. The number of anilines is 1. The van der Waals surface area contributed by atoms with Crippen molar-refractivity contribution in [3.63, 3.8) is 0 Å². The highest BCUT2D eigenvalue weighted by molar-refractivity contribution is 8.16. The average molecular weight is 316 g/mol. The number of carbonyl (C=O) groups is 2. The molecule has 2 rings (SSSR count). The number of nitrogens with two attached hydrogens (primary N) is 2. The topological polar surface area (TPSA) is 104 Å². The lowest BCUT2D eigenvalue weighted by atomic mass is 9.99. The van der Waals surface area contributed by atoms with Gasteiger partial charge in [0.1, 0.15) is 11.5 Å². The molecule has 1 heterocycles. The molecular weight excluding hydrogens is 300 g/mol. The van der Waals surface area contributed by atoms with Crippen LogP contribution in [-0.2, 0) is 6.54 Å². The van der Waals surface area contributed by atoms with Crippen LogP contribution >= 0.6 is 11.8 Å². The lowest BCUT2D eigenvalue weighted by Crippen LogP contribution is -2.11. The Morgan fingerprint density at radius 2 is 2.14 bits per heavy atom. The average Bonchev–Trinajstić information content (AvgIpc) is 2.83. The highest BCUT2D eigenvalue weighted by Gasteiger charge is 2.22. The van der Waals surface area contributed by atoms with Gasteiger partial charge in [0.05, 0.1) is 5.56 Å². The maximum Gasteiger partial charge on any atom is 0.312 e. The molecule has 114 valence electrons. The van der Waals surface area contributed by atoms with Crippen LogP contribution in [-0.4, -0.2) is 21.3 Å². The highest BCUT2D eigenvalue weighted by atomic mass is 32.2. The minimum atomic E-state index is -0.412. The van der Waals surface area contributed by atoms with Gasteiger partial charge in [-0.3, -0.25) is 9.59 Å². The molecule has 7 heteroatoms. The quantitative estimate of drug-likeness (QED) is 0.840. The number of aldehydes is 1. The van der Waals surface area contributed by atoms with E-state index in [4.69, 9.17) is 11.5 Å². The summed E-state index contributed by atoms with van der Waals surface area (Å²) >= 11 is 0.906. The molecule has 0 fully saturated rings. The number of hydrogen-bond acceptors (Lipinski definition) is 6. The molecule has 0 amide bonds. The van der Waals surface area contributed by atoms with Gasteiger partial charge >= 0.3 is 5.24 Å². The molecule has 0 spiro atoms. The summed E-state index contributed by atoms with van der Waals surface area (Å²) < 4.78 is 1.02. The highest BCUT2D eigenvalue weighted by Crippen LogP contribution is 2.33. The number of hydrogen-bond donors (Lipinski definition) is 2. The monoisotopic (exact) mass is 316 g/mol. The Labute approximate surface area is 132 Å². The van der Waals surface area contributed by atoms with Gasteiger partial charge in [-0.2, -0.15) is 9.78 Å². The van der Waals surface area contributed by atoms with Gasteiger partial charge in [-0.25, -0.2) is 0 Å². The van der Waals surface area contributed by atoms with Crippen LogP contribution in [0.25, 0.3) is 11.1 Å². The van der Waals surface area contributed by atoms with Crippen molar-refractivity contribution in [2.45, 2.75) is 13.5 Å². The summed E-state index contributed by atoms with van der Waals surface area (Å²) in [5.41, 5.74) is 13.8. The number of thioether (sulfide) groups is 1. The van der Waals surface area contributed by atoms with Crippen molar-refractivity contribution in [1.82, 2.24) is 9.78 Å². The SMILES string of the molecule is C=C(C)SC(=O)n1nc(C=O)c(-c2ccccc2CN)c1N.